The fourth-order valence-corrected chi connectivity index (χ4v) is 1.73. The van der Waals surface area contributed by atoms with Gasteiger partial charge in [-0.25, -0.2) is 0 Å². The van der Waals surface area contributed by atoms with Gasteiger partial charge in [-0.1, -0.05) is 18.2 Å². The van der Waals surface area contributed by atoms with Crippen LogP contribution >= 0.6 is 0 Å². The van der Waals surface area contributed by atoms with Crippen LogP contribution in [0, 0.1) is 0 Å². The third-order valence-corrected chi connectivity index (χ3v) is 2.60. The molecule has 0 radical (unpaired) electrons. The molecule has 2 aromatic rings. The summed E-state index contributed by atoms with van der Waals surface area (Å²) in [6.07, 6.45) is -3.05. The van der Waals surface area contributed by atoms with Crippen molar-refractivity contribution in [2.24, 2.45) is 0 Å². The first-order valence-electron chi connectivity index (χ1n) is 5.28. The monoisotopic (exact) mass is 267 g/mol. The number of benzene rings is 1. The smallest absolute Gasteiger partial charge is 0.328 e. The van der Waals surface area contributed by atoms with Gasteiger partial charge in [0.2, 0.25) is 0 Å². The molecule has 0 saturated heterocycles. The molecule has 0 aliphatic rings. The molecule has 1 aromatic heterocycles. The molecule has 19 heavy (non-hydrogen) atoms. The molecule has 0 aliphatic heterocycles. The summed E-state index contributed by atoms with van der Waals surface area (Å²) in [4.78, 5) is 24.1. The summed E-state index contributed by atoms with van der Waals surface area (Å²) < 4.78 is 38.6. The van der Waals surface area contributed by atoms with Crippen LogP contribution in [0.15, 0.2) is 41.3 Å². The van der Waals surface area contributed by atoms with Crippen LogP contribution in [0.25, 0.3) is 11.1 Å². The van der Waals surface area contributed by atoms with Gasteiger partial charge in [-0.05, 0) is 23.3 Å². The van der Waals surface area contributed by atoms with Crippen LogP contribution in [-0.4, -0.2) is 11.3 Å². The van der Waals surface area contributed by atoms with E-state index in [1.807, 2.05) is 0 Å². The number of rotatable bonds is 2. The van der Waals surface area contributed by atoms with Crippen LogP contribution in [0.4, 0.5) is 13.2 Å². The number of halogens is 3. The van der Waals surface area contributed by atoms with Crippen LogP contribution in [0.5, 0.6) is 0 Å². The highest BCUT2D eigenvalue weighted by atomic mass is 19.4. The molecule has 6 heteroatoms. The molecule has 0 unspecified atom stereocenters. The molecule has 0 atom stereocenters. The van der Waals surface area contributed by atoms with Gasteiger partial charge in [0.25, 0.3) is 5.56 Å². The summed E-state index contributed by atoms with van der Waals surface area (Å²) in [5, 5.41) is 0. The Kier molecular flexibility index (Phi) is 3.25. The lowest BCUT2D eigenvalue weighted by Gasteiger charge is -2.12. The molecule has 1 heterocycles. The normalized spacial score (nSPS) is 11.3. The predicted octanol–water partition coefficient (Wildman–Crippen LogP) is 2.87. The Labute approximate surface area is 105 Å². The van der Waals surface area contributed by atoms with Gasteiger partial charge in [0.05, 0.1) is 11.1 Å². The first-order chi connectivity index (χ1) is 8.93. The number of H-pyrrole nitrogens is 1. The van der Waals surface area contributed by atoms with Crippen LogP contribution in [0.3, 0.4) is 0 Å². The fraction of sp³-hybridized carbons (Fsp3) is 0.0769. The van der Waals surface area contributed by atoms with E-state index >= 15 is 0 Å². The second-order valence-electron chi connectivity index (χ2n) is 3.83. The van der Waals surface area contributed by atoms with Crippen molar-refractivity contribution in [3.05, 3.63) is 58.0 Å². The lowest BCUT2D eigenvalue weighted by atomic mass is 10.00. The maximum Gasteiger partial charge on any atom is 0.417 e. The van der Waals surface area contributed by atoms with Crippen molar-refractivity contribution in [1.82, 2.24) is 4.98 Å². The van der Waals surface area contributed by atoms with E-state index in [-0.39, 0.29) is 16.7 Å². The maximum absolute atomic E-state index is 12.9. The van der Waals surface area contributed by atoms with Crippen molar-refractivity contribution in [3.8, 4) is 11.1 Å². The van der Waals surface area contributed by atoms with Gasteiger partial charge in [-0.3, -0.25) is 9.59 Å². The lowest BCUT2D eigenvalue weighted by Crippen LogP contribution is -2.12. The minimum absolute atomic E-state index is 0.0886. The highest BCUT2D eigenvalue weighted by Gasteiger charge is 2.33. The molecule has 0 amide bonds. The van der Waals surface area contributed by atoms with E-state index in [1.54, 1.807) is 0 Å². The van der Waals surface area contributed by atoms with Crippen molar-refractivity contribution in [2.75, 3.05) is 0 Å². The number of hydrogen-bond acceptors (Lipinski definition) is 2. The van der Waals surface area contributed by atoms with Gasteiger partial charge in [0, 0.05) is 6.20 Å². The van der Waals surface area contributed by atoms with E-state index in [0.717, 1.165) is 18.3 Å². The van der Waals surface area contributed by atoms with Gasteiger partial charge < -0.3 is 4.98 Å². The number of hydrogen-bond donors (Lipinski definition) is 1. The van der Waals surface area contributed by atoms with Gasteiger partial charge in [-0.15, -0.1) is 0 Å². The molecule has 0 aliphatic carbocycles. The molecular formula is C13H8F3NO2. The Morgan fingerprint density at radius 1 is 1.16 bits per heavy atom. The summed E-state index contributed by atoms with van der Waals surface area (Å²) in [7, 11) is 0. The van der Waals surface area contributed by atoms with E-state index in [9.17, 15) is 22.8 Å². The quantitative estimate of drug-likeness (QED) is 0.850. The van der Waals surface area contributed by atoms with Gasteiger partial charge >= 0.3 is 6.18 Å². The second-order valence-corrected chi connectivity index (χ2v) is 3.83. The third kappa shape index (κ3) is 2.57. The Balaban J connectivity index is 2.66. The number of carbonyl (C=O) groups is 1. The zero-order valence-corrected chi connectivity index (χ0v) is 9.49. The highest BCUT2D eigenvalue weighted by molar-refractivity contribution is 5.78. The van der Waals surface area contributed by atoms with E-state index in [0.29, 0.717) is 6.29 Å². The number of carbonyl (C=O) groups excluding carboxylic acids is 1. The molecule has 0 saturated carbocycles. The fourth-order valence-electron chi connectivity index (χ4n) is 1.73. The highest BCUT2D eigenvalue weighted by Crippen LogP contribution is 2.36. The molecule has 2 rings (SSSR count). The minimum Gasteiger partial charge on any atom is -0.328 e. The number of alkyl halides is 3. The average Bonchev–Trinajstić information content (AvgIpc) is 2.38. The summed E-state index contributed by atoms with van der Waals surface area (Å²) in [6.45, 7) is 0. The molecular weight excluding hydrogens is 259 g/mol. The minimum atomic E-state index is -4.51. The molecule has 0 fully saturated rings. The first-order valence-corrected chi connectivity index (χ1v) is 5.28. The van der Waals surface area contributed by atoms with Crippen molar-refractivity contribution in [3.63, 3.8) is 0 Å². The maximum atomic E-state index is 12.9. The molecule has 3 nitrogen and oxygen atoms in total. The summed E-state index contributed by atoms with van der Waals surface area (Å²) in [6, 6.07) is 6.09. The third-order valence-electron chi connectivity index (χ3n) is 2.60. The first kappa shape index (κ1) is 13.1. The number of pyridine rings is 1. The molecule has 1 N–H and O–H groups in total. The van der Waals surface area contributed by atoms with E-state index in [2.05, 4.69) is 4.98 Å². The lowest BCUT2D eigenvalue weighted by molar-refractivity contribution is -0.137. The van der Waals surface area contributed by atoms with Crippen molar-refractivity contribution < 1.29 is 18.0 Å². The number of aldehydes is 1. The van der Waals surface area contributed by atoms with E-state index < -0.39 is 17.3 Å². The van der Waals surface area contributed by atoms with Crippen molar-refractivity contribution >= 4 is 6.29 Å². The van der Waals surface area contributed by atoms with Crippen LogP contribution in [0.2, 0.25) is 0 Å². The molecule has 0 spiro atoms. The Hall–Kier alpha value is -2.37. The van der Waals surface area contributed by atoms with Crippen LogP contribution in [-0.2, 0) is 6.18 Å². The van der Waals surface area contributed by atoms with Crippen LogP contribution < -0.4 is 5.56 Å². The second kappa shape index (κ2) is 4.72. The van der Waals surface area contributed by atoms with Crippen LogP contribution in [0.1, 0.15) is 15.9 Å². The van der Waals surface area contributed by atoms with Gasteiger partial charge in [0.1, 0.15) is 0 Å². The zero-order valence-electron chi connectivity index (χ0n) is 9.49. The predicted molar refractivity (Wildman–Crippen MR) is 62.9 cm³/mol. The number of aromatic amines is 1. The molecule has 98 valence electrons. The molecule has 0 bridgehead atoms. The van der Waals surface area contributed by atoms with Gasteiger partial charge in [0.15, 0.2) is 6.29 Å². The van der Waals surface area contributed by atoms with Crippen molar-refractivity contribution in [2.45, 2.75) is 6.18 Å². The molecule has 1 aromatic carbocycles. The Morgan fingerprint density at radius 2 is 1.84 bits per heavy atom. The number of aromatic nitrogens is 1. The average molecular weight is 267 g/mol. The van der Waals surface area contributed by atoms with Gasteiger partial charge in [-0.2, -0.15) is 13.2 Å². The topological polar surface area (TPSA) is 49.9 Å². The van der Waals surface area contributed by atoms with E-state index in [4.69, 9.17) is 0 Å². The summed E-state index contributed by atoms with van der Waals surface area (Å²) >= 11 is 0. The number of nitrogens with one attached hydrogen (secondary N) is 1. The zero-order chi connectivity index (χ0) is 14.0. The standard InChI is InChI=1S/C13H8F3NO2/c14-13(15,16)11-4-2-1-3-10(11)8-5-9(7-18)12(19)17-6-8/h1-7H,(H,17,19). The van der Waals surface area contributed by atoms with Crippen molar-refractivity contribution in [1.29, 1.82) is 0 Å². The van der Waals surface area contributed by atoms with E-state index in [1.165, 1.54) is 18.2 Å². The Bertz CT molecular complexity index is 674. The summed E-state index contributed by atoms with van der Waals surface area (Å²) in [5.74, 6) is 0. The largest absolute Gasteiger partial charge is 0.417 e. The SMILES string of the molecule is O=Cc1cc(-c2ccccc2C(F)(F)F)c[nH]c1=O. The summed E-state index contributed by atoms with van der Waals surface area (Å²) in [5.41, 5.74) is -1.62. The Morgan fingerprint density at radius 3 is 2.47 bits per heavy atom.